The van der Waals surface area contributed by atoms with E-state index in [-0.39, 0.29) is 10.0 Å². The zero-order valence-corrected chi connectivity index (χ0v) is 16.8. The van der Waals surface area contributed by atoms with Crippen LogP contribution in [-0.4, -0.2) is 20.5 Å². The lowest BCUT2D eigenvalue weighted by molar-refractivity contribution is 0.415. The lowest BCUT2D eigenvalue weighted by atomic mass is 10.2. The quantitative estimate of drug-likeness (QED) is 0.581. The first kappa shape index (κ1) is 18.2. The van der Waals surface area contributed by atoms with E-state index in [0.717, 1.165) is 5.56 Å². The van der Waals surface area contributed by atoms with Crippen LogP contribution in [0.3, 0.4) is 0 Å². The topological polar surface area (TPSA) is 68.3 Å². The van der Waals surface area contributed by atoms with Gasteiger partial charge >= 0.3 is 0 Å². The van der Waals surface area contributed by atoms with Gasteiger partial charge < -0.3 is 4.74 Å². The number of anilines is 1. The Labute approximate surface area is 162 Å². The normalized spacial score (nSPS) is 11.3. The highest BCUT2D eigenvalue weighted by Crippen LogP contribution is 2.32. The fraction of sp³-hybridized carbons (Fsp3) is 0.0625. The maximum absolute atomic E-state index is 12.5. The number of benzene rings is 2. The molecule has 3 aromatic rings. The van der Waals surface area contributed by atoms with Gasteiger partial charge in [-0.25, -0.2) is 13.4 Å². The lowest BCUT2D eigenvalue weighted by Crippen LogP contribution is -2.13. The summed E-state index contributed by atoms with van der Waals surface area (Å²) in [4.78, 5) is 4.48. The van der Waals surface area contributed by atoms with Crippen molar-refractivity contribution in [3.63, 3.8) is 0 Å². The molecule has 5 nitrogen and oxygen atoms in total. The molecule has 0 radical (unpaired) electrons. The number of nitrogens with zero attached hydrogens (tertiary/aromatic N) is 1. The average Bonchev–Trinajstić information content (AvgIpc) is 3.02. The second kappa shape index (κ2) is 7.33. The van der Waals surface area contributed by atoms with E-state index >= 15 is 0 Å². The molecule has 0 saturated heterocycles. The lowest BCUT2D eigenvalue weighted by Gasteiger charge is -2.07. The molecular weight excluding hydrogens is 448 g/mol. The van der Waals surface area contributed by atoms with E-state index in [1.54, 1.807) is 42.8 Å². The Morgan fingerprint density at radius 1 is 1.24 bits per heavy atom. The third kappa shape index (κ3) is 3.98. The highest BCUT2D eigenvalue weighted by Gasteiger charge is 2.19. The summed E-state index contributed by atoms with van der Waals surface area (Å²) >= 11 is 10.6. The standard InChI is InChI=1S/C16H12BrClN2O3S2/c1-23-14-7-6-10(8-12(14)18)13-9-24-16(19-13)20-25(21,22)15-5-3-2-4-11(15)17/h2-9H,1H3,(H,19,20). The van der Waals surface area contributed by atoms with E-state index in [2.05, 4.69) is 25.6 Å². The Kier molecular flexibility index (Phi) is 5.33. The average molecular weight is 460 g/mol. The monoisotopic (exact) mass is 458 g/mol. The number of sulfonamides is 1. The minimum atomic E-state index is -3.73. The van der Waals surface area contributed by atoms with E-state index in [4.69, 9.17) is 16.3 Å². The molecule has 0 aliphatic heterocycles. The van der Waals surface area contributed by atoms with Crippen LogP contribution >= 0.6 is 38.9 Å². The van der Waals surface area contributed by atoms with Crippen LogP contribution < -0.4 is 9.46 Å². The van der Waals surface area contributed by atoms with Crippen LogP contribution in [0, 0.1) is 0 Å². The van der Waals surface area contributed by atoms with Gasteiger partial charge in [-0.2, -0.15) is 0 Å². The Bertz CT molecular complexity index is 1020. The Hall–Kier alpha value is -1.61. The molecule has 0 aliphatic carbocycles. The van der Waals surface area contributed by atoms with Gasteiger partial charge in [0.25, 0.3) is 10.0 Å². The maximum atomic E-state index is 12.5. The van der Waals surface area contributed by atoms with E-state index in [1.807, 2.05) is 6.07 Å². The Morgan fingerprint density at radius 2 is 2.00 bits per heavy atom. The molecule has 2 aromatic carbocycles. The minimum absolute atomic E-state index is 0.152. The molecule has 25 heavy (non-hydrogen) atoms. The number of rotatable bonds is 5. The van der Waals surface area contributed by atoms with Gasteiger partial charge in [0.15, 0.2) is 5.13 Å². The second-order valence-electron chi connectivity index (χ2n) is 4.92. The van der Waals surface area contributed by atoms with Crippen LogP contribution in [0.5, 0.6) is 5.75 Å². The molecule has 0 fully saturated rings. The number of aromatic nitrogens is 1. The van der Waals surface area contributed by atoms with E-state index in [1.165, 1.54) is 17.4 Å². The molecule has 0 aliphatic rings. The molecule has 0 amide bonds. The van der Waals surface area contributed by atoms with E-state index < -0.39 is 10.0 Å². The number of halogens is 2. The third-order valence-corrected chi connectivity index (χ3v) is 6.83. The van der Waals surface area contributed by atoms with Gasteiger partial charge in [-0.15, -0.1) is 11.3 Å². The fourth-order valence-corrected chi connectivity index (χ4v) is 5.35. The molecular formula is C16H12BrClN2O3S2. The summed E-state index contributed by atoms with van der Waals surface area (Å²) in [7, 11) is -2.19. The molecule has 3 rings (SSSR count). The van der Waals surface area contributed by atoms with Gasteiger partial charge in [0.1, 0.15) is 10.6 Å². The van der Waals surface area contributed by atoms with Gasteiger partial charge in [0, 0.05) is 15.4 Å². The first-order valence-electron chi connectivity index (χ1n) is 6.97. The number of nitrogens with one attached hydrogen (secondary N) is 1. The van der Waals surface area contributed by atoms with Crippen molar-refractivity contribution in [3.05, 3.63) is 57.3 Å². The van der Waals surface area contributed by atoms with Crippen LogP contribution in [0.1, 0.15) is 0 Å². The van der Waals surface area contributed by atoms with E-state index in [9.17, 15) is 8.42 Å². The SMILES string of the molecule is COc1ccc(-c2csc(NS(=O)(=O)c3ccccc3Br)n2)cc1Cl. The molecule has 1 heterocycles. The number of thiazole rings is 1. The van der Waals surface area contributed by atoms with Crippen molar-refractivity contribution in [2.45, 2.75) is 4.90 Å². The Morgan fingerprint density at radius 3 is 2.68 bits per heavy atom. The molecule has 1 N–H and O–H groups in total. The van der Waals surface area contributed by atoms with Crippen molar-refractivity contribution in [1.29, 1.82) is 0 Å². The van der Waals surface area contributed by atoms with E-state index in [0.29, 0.717) is 20.9 Å². The zero-order chi connectivity index (χ0) is 18.0. The van der Waals surface area contributed by atoms with Crippen LogP contribution in [0.2, 0.25) is 5.02 Å². The van der Waals surface area contributed by atoms with Crippen LogP contribution in [0.25, 0.3) is 11.3 Å². The number of methoxy groups -OCH3 is 1. The van der Waals surface area contributed by atoms with Gasteiger partial charge in [-0.05, 0) is 46.3 Å². The molecule has 0 atom stereocenters. The summed E-state index contributed by atoms with van der Waals surface area (Å²) in [6, 6.07) is 11.9. The predicted molar refractivity (Wildman–Crippen MR) is 104 cm³/mol. The first-order valence-corrected chi connectivity index (χ1v) is 10.5. The summed E-state index contributed by atoms with van der Waals surface area (Å²) in [5, 5.41) is 2.50. The smallest absolute Gasteiger partial charge is 0.264 e. The highest BCUT2D eigenvalue weighted by molar-refractivity contribution is 9.10. The second-order valence-corrected chi connectivity index (χ2v) is 8.69. The maximum Gasteiger partial charge on any atom is 0.264 e. The fourth-order valence-electron chi connectivity index (χ4n) is 2.11. The van der Waals surface area contributed by atoms with Crippen molar-refractivity contribution in [2.75, 3.05) is 11.8 Å². The molecule has 0 saturated carbocycles. The largest absolute Gasteiger partial charge is 0.495 e. The number of hydrogen-bond acceptors (Lipinski definition) is 5. The van der Waals surface area contributed by atoms with Crippen molar-refractivity contribution in [1.82, 2.24) is 4.98 Å². The molecule has 130 valence electrons. The van der Waals surface area contributed by atoms with Gasteiger partial charge in [0.2, 0.25) is 0 Å². The summed E-state index contributed by atoms with van der Waals surface area (Å²) in [6.45, 7) is 0. The summed E-state index contributed by atoms with van der Waals surface area (Å²) in [5.41, 5.74) is 1.40. The molecule has 0 unspecified atom stereocenters. The molecule has 0 spiro atoms. The van der Waals surface area contributed by atoms with Gasteiger partial charge in [-0.3, -0.25) is 4.72 Å². The molecule has 9 heteroatoms. The van der Waals surface area contributed by atoms with Crippen LogP contribution in [0.15, 0.2) is 57.2 Å². The van der Waals surface area contributed by atoms with Crippen LogP contribution in [0.4, 0.5) is 5.13 Å². The van der Waals surface area contributed by atoms with Crippen molar-refractivity contribution < 1.29 is 13.2 Å². The van der Waals surface area contributed by atoms with Crippen molar-refractivity contribution in [3.8, 4) is 17.0 Å². The number of ether oxygens (including phenoxy) is 1. The Balaban J connectivity index is 1.87. The molecule has 0 bridgehead atoms. The number of hydrogen-bond donors (Lipinski definition) is 1. The minimum Gasteiger partial charge on any atom is -0.495 e. The predicted octanol–water partition coefficient (Wildman–Crippen LogP) is 5.04. The van der Waals surface area contributed by atoms with Gasteiger partial charge in [0.05, 0.1) is 17.8 Å². The highest BCUT2D eigenvalue weighted by atomic mass is 79.9. The summed E-state index contributed by atoms with van der Waals surface area (Å²) in [5.74, 6) is 0.565. The first-order chi connectivity index (χ1) is 11.9. The summed E-state index contributed by atoms with van der Waals surface area (Å²) in [6.07, 6.45) is 0. The van der Waals surface area contributed by atoms with Gasteiger partial charge in [-0.1, -0.05) is 23.7 Å². The zero-order valence-electron chi connectivity index (χ0n) is 12.9. The van der Waals surface area contributed by atoms with Crippen molar-refractivity contribution >= 4 is 54.0 Å². The van der Waals surface area contributed by atoms with Crippen LogP contribution in [-0.2, 0) is 10.0 Å². The van der Waals surface area contributed by atoms with Crippen molar-refractivity contribution in [2.24, 2.45) is 0 Å². The third-order valence-electron chi connectivity index (χ3n) is 3.30. The molecule has 1 aromatic heterocycles. The summed E-state index contributed by atoms with van der Waals surface area (Å²) < 4.78 is 33.1.